The molecule has 0 aromatic carbocycles. The van der Waals surface area contributed by atoms with Gasteiger partial charge in [0.15, 0.2) is 0 Å². The van der Waals surface area contributed by atoms with E-state index in [-0.39, 0.29) is 18.2 Å². The fraction of sp³-hybridized carbons (Fsp3) is 0.625. The topological polar surface area (TPSA) is 60.5 Å². The van der Waals surface area contributed by atoms with Crippen molar-refractivity contribution in [2.75, 3.05) is 0 Å². The lowest BCUT2D eigenvalue weighted by Gasteiger charge is -2.30. The largest absolute Gasteiger partial charge is 0.474 e. The number of nitrogens with one attached hydrogen (secondary N) is 1. The predicted molar refractivity (Wildman–Crippen MR) is 88.0 cm³/mol. The van der Waals surface area contributed by atoms with Gasteiger partial charge in [-0.2, -0.15) is 0 Å². The molecule has 0 atom stereocenters. The minimum absolute atomic E-state index is 0.158. The molecule has 0 radical (unpaired) electrons. The zero-order valence-electron chi connectivity index (χ0n) is 13.3. The summed E-state index contributed by atoms with van der Waals surface area (Å²) in [5, 5.41) is 2.93. The average molecular weight is 371 g/mol. The molecule has 1 aromatic rings. The predicted octanol–water partition coefficient (Wildman–Crippen LogP) is 4.06. The number of alkyl carbamates (subject to hydrolysis) is 1. The smallest absolute Gasteiger partial charge is 0.407 e. The highest BCUT2D eigenvalue weighted by Crippen LogP contribution is 2.23. The molecule has 0 spiro atoms. The van der Waals surface area contributed by atoms with Gasteiger partial charge < -0.3 is 14.8 Å². The van der Waals surface area contributed by atoms with Crippen molar-refractivity contribution in [3.63, 3.8) is 0 Å². The fourth-order valence-corrected chi connectivity index (χ4v) is 2.64. The Balaban J connectivity index is 1.73. The van der Waals surface area contributed by atoms with Gasteiger partial charge in [-0.05, 0) is 68.5 Å². The van der Waals surface area contributed by atoms with E-state index in [1.165, 1.54) is 0 Å². The summed E-state index contributed by atoms with van der Waals surface area (Å²) in [5.41, 5.74) is -0.461. The van der Waals surface area contributed by atoms with E-state index in [1.807, 2.05) is 32.9 Å². The van der Waals surface area contributed by atoms with Crippen LogP contribution in [-0.4, -0.2) is 28.8 Å². The number of halogens is 1. The molecule has 1 heterocycles. The standard InChI is InChI=1S/C16H23BrN2O3/c1-16(2,3)22-15(20)19-12-5-7-13(8-6-12)21-14-9-4-11(17)10-18-14/h4,9-10,12-13H,5-8H2,1-3H3,(H,19,20). The van der Waals surface area contributed by atoms with Crippen LogP contribution < -0.4 is 10.1 Å². The van der Waals surface area contributed by atoms with Gasteiger partial charge in [0.05, 0.1) is 0 Å². The van der Waals surface area contributed by atoms with Gasteiger partial charge in [-0.3, -0.25) is 0 Å². The van der Waals surface area contributed by atoms with Crippen molar-refractivity contribution in [2.24, 2.45) is 0 Å². The van der Waals surface area contributed by atoms with E-state index >= 15 is 0 Å². The highest BCUT2D eigenvalue weighted by atomic mass is 79.9. The molecule has 0 saturated heterocycles. The zero-order valence-corrected chi connectivity index (χ0v) is 14.9. The zero-order chi connectivity index (χ0) is 16.2. The molecule has 1 N–H and O–H groups in total. The number of carbonyl (C=O) groups excluding carboxylic acids is 1. The van der Waals surface area contributed by atoms with E-state index in [0.717, 1.165) is 30.2 Å². The maximum absolute atomic E-state index is 11.8. The molecule has 0 unspecified atom stereocenters. The highest BCUT2D eigenvalue weighted by molar-refractivity contribution is 9.10. The number of hydrogen-bond acceptors (Lipinski definition) is 4. The number of ether oxygens (including phenoxy) is 2. The fourth-order valence-electron chi connectivity index (χ4n) is 2.40. The molecule has 122 valence electrons. The molecule has 22 heavy (non-hydrogen) atoms. The summed E-state index contributed by atoms with van der Waals surface area (Å²) in [6.45, 7) is 5.59. The van der Waals surface area contributed by atoms with Crippen molar-refractivity contribution < 1.29 is 14.3 Å². The molecule has 2 rings (SSSR count). The van der Waals surface area contributed by atoms with Crippen LogP contribution in [-0.2, 0) is 4.74 Å². The summed E-state index contributed by atoms with van der Waals surface area (Å²) in [7, 11) is 0. The Bertz CT molecular complexity index is 491. The third-order valence-electron chi connectivity index (χ3n) is 3.38. The van der Waals surface area contributed by atoms with E-state index in [9.17, 15) is 4.79 Å². The Morgan fingerprint density at radius 2 is 1.95 bits per heavy atom. The number of rotatable bonds is 3. The lowest BCUT2D eigenvalue weighted by Crippen LogP contribution is -2.42. The van der Waals surface area contributed by atoms with Crippen LogP contribution in [0.15, 0.2) is 22.8 Å². The van der Waals surface area contributed by atoms with Crippen LogP contribution in [0.1, 0.15) is 46.5 Å². The molecule has 5 nitrogen and oxygen atoms in total. The van der Waals surface area contributed by atoms with Gasteiger partial charge in [-0.1, -0.05) is 0 Å². The maximum atomic E-state index is 11.8. The Morgan fingerprint density at radius 1 is 1.27 bits per heavy atom. The van der Waals surface area contributed by atoms with E-state index in [0.29, 0.717) is 5.88 Å². The van der Waals surface area contributed by atoms with Gasteiger partial charge in [0.1, 0.15) is 11.7 Å². The molecular weight excluding hydrogens is 348 g/mol. The molecule has 1 fully saturated rings. The van der Waals surface area contributed by atoms with E-state index in [4.69, 9.17) is 9.47 Å². The molecule has 1 saturated carbocycles. The average Bonchev–Trinajstić information content (AvgIpc) is 2.41. The third kappa shape index (κ3) is 5.83. The lowest BCUT2D eigenvalue weighted by molar-refractivity contribution is 0.0469. The van der Waals surface area contributed by atoms with Crippen molar-refractivity contribution in [1.29, 1.82) is 0 Å². The van der Waals surface area contributed by atoms with E-state index in [2.05, 4.69) is 26.2 Å². The third-order valence-corrected chi connectivity index (χ3v) is 3.85. The molecule has 1 aliphatic carbocycles. The first-order chi connectivity index (χ1) is 10.3. The van der Waals surface area contributed by atoms with E-state index in [1.54, 1.807) is 6.20 Å². The quantitative estimate of drug-likeness (QED) is 0.871. The van der Waals surface area contributed by atoms with Gasteiger partial charge in [0.2, 0.25) is 5.88 Å². The van der Waals surface area contributed by atoms with Gasteiger partial charge in [-0.25, -0.2) is 9.78 Å². The highest BCUT2D eigenvalue weighted by Gasteiger charge is 2.25. The molecule has 0 bridgehead atoms. The normalized spacial score (nSPS) is 22.0. The Morgan fingerprint density at radius 3 is 2.50 bits per heavy atom. The van der Waals surface area contributed by atoms with Crippen LogP contribution in [0, 0.1) is 0 Å². The molecule has 1 aromatic heterocycles. The number of pyridine rings is 1. The summed E-state index contributed by atoms with van der Waals surface area (Å²) in [4.78, 5) is 16.0. The van der Waals surface area contributed by atoms with Crippen LogP contribution in [0.4, 0.5) is 4.79 Å². The first kappa shape index (κ1) is 17.1. The number of hydrogen-bond donors (Lipinski definition) is 1. The van der Waals surface area contributed by atoms with Gasteiger partial charge in [0, 0.05) is 22.8 Å². The summed E-state index contributed by atoms with van der Waals surface area (Å²) in [6.07, 6.45) is 5.12. The number of nitrogens with zero attached hydrogens (tertiary/aromatic N) is 1. The summed E-state index contributed by atoms with van der Waals surface area (Å²) < 4.78 is 12.1. The lowest BCUT2D eigenvalue weighted by atomic mass is 9.93. The molecule has 6 heteroatoms. The second kappa shape index (κ2) is 7.31. The van der Waals surface area contributed by atoms with Crippen LogP contribution in [0.25, 0.3) is 0 Å². The van der Waals surface area contributed by atoms with Gasteiger partial charge in [0.25, 0.3) is 0 Å². The van der Waals surface area contributed by atoms with Crippen molar-refractivity contribution >= 4 is 22.0 Å². The molecule has 1 aliphatic rings. The minimum Gasteiger partial charge on any atom is -0.474 e. The second-order valence-corrected chi connectivity index (χ2v) is 7.47. The monoisotopic (exact) mass is 370 g/mol. The van der Waals surface area contributed by atoms with Crippen molar-refractivity contribution in [2.45, 2.75) is 64.2 Å². The van der Waals surface area contributed by atoms with Crippen LogP contribution >= 0.6 is 15.9 Å². The molecular formula is C16H23BrN2O3. The first-order valence-corrected chi connectivity index (χ1v) is 8.39. The SMILES string of the molecule is CC(C)(C)OC(=O)NC1CCC(Oc2ccc(Br)cn2)CC1. The van der Waals surface area contributed by atoms with Gasteiger partial charge >= 0.3 is 6.09 Å². The van der Waals surface area contributed by atoms with Crippen molar-refractivity contribution in [3.8, 4) is 5.88 Å². The minimum atomic E-state index is -0.461. The van der Waals surface area contributed by atoms with Crippen molar-refractivity contribution in [3.05, 3.63) is 22.8 Å². The first-order valence-electron chi connectivity index (χ1n) is 7.59. The Hall–Kier alpha value is -1.30. The van der Waals surface area contributed by atoms with Gasteiger partial charge in [-0.15, -0.1) is 0 Å². The summed E-state index contributed by atoms with van der Waals surface area (Å²) in [6, 6.07) is 3.93. The number of aromatic nitrogens is 1. The number of carbonyl (C=O) groups is 1. The Labute approximate surface area is 139 Å². The Kier molecular flexibility index (Phi) is 5.67. The second-order valence-electron chi connectivity index (χ2n) is 6.55. The molecule has 0 aliphatic heterocycles. The summed E-state index contributed by atoms with van der Waals surface area (Å²) >= 11 is 3.35. The van der Waals surface area contributed by atoms with Crippen LogP contribution in [0.3, 0.4) is 0 Å². The maximum Gasteiger partial charge on any atom is 0.407 e. The van der Waals surface area contributed by atoms with Crippen LogP contribution in [0.5, 0.6) is 5.88 Å². The number of amides is 1. The van der Waals surface area contributed by atoms with E-state index < -0.39 is 5.60 Å². The summed E-state index contributed by atoms with van der Waals surface area (Å²) in [5.74, 6) is 0.645. The van der Waals surface area contributed by atoms with Crippen LogP contribution in [0.2, 0.25) is 0 Å². The molecule has 1 amide bonds. The van der Waals surface area contributed by atoms with Crippen molar-refractivity contribution in [1.82, 2.24) is 10.3 Å².